The van der Waals surface area contributed by atoms with Crippen LogP contribution in [-0.4, -0.2) is 23.7 Å². The molecule has 0 rings (SSSR count). The van der Waals surface area contributed by atoms with Crippen molar-refractivity contribution in [3.8, 4) is 0 Å². The number of aliphatic carboxylic acids is 1. The van der Waals surface area contributed by atoms with Gasteiger partial charge in [0.05, 0.1) is 12.3 Å². The average Bonchev–Trinajstić information content (AvgIpc) is 2.86. The van der Waals surface area contributed by atoms with Crippen LogP contribution in [0.25, 0.3) is 0 Å². The van der Waals surface area contributed by atoms with Gasteiger partial charge in [0, 0.05) is 0 Å². The number of carbonyl (C=O) groups excluding carboxylic acids is 1. The molecule has 0 aromatic carbocycles. The van der Waals surface area contributed by atoms with E-state index in [1.807, 2.05) is 0 Å². The summed E-state index contributed by atoms with van der Waals surface area (Å²) in [7, 11) is 0. The lowest BCUT2D eigenvalue weighted by Gasteiger charge is -2.13. The summed E-state index contributed by atoms with van der Waals surface area (Å²) in [6.45, 7) is 5.94. The Morgan fingerprint density at radius 3 is 1.53 bits per heavy atom. The number of carboxylic acids is 1. The van der Waals surface area contributed by atoms with Gasteiger partial charge in [-0.25, -0.2) is 0 Å². The van der Waals surface area contributed by atoms with E-state index in [4.69, 9.17) is 9.84 Å². The zero-order valence-corrected chi connectivity index (χ0v) is 23.7. The molecule has 4 nitrogen and oxygen atoms in total. The molecule has 0 fully saturated rings. The molecule has 1 N–H and O–H groups in total. The van der Waals surface area contributed by atoms with Crippen LogP contribution in [0.5, 0.6) is 0 Å². The van der Waals surface area contributed by atoms with Gasteiger partial charge in [0.15, 0.2) is 0 Å². The van der Waals surface area contributed by atoms with Crippen molar-refractivity contribution in [2.24, 2.45) is 5.92 Å². The second-order valence-corrected chi connectivity index (χ2v) is 10.4. The van der Waals surface area contributed by atoms with Gasteiger partial charge >= 0.3 is 11.9 Å². The van der Waals surface area contributed by atoms with Crippen molar-refractivity contribution in [3.05, 3.63) is 24.8 Å². The maximum atomic E-state index is 12.0. The number of unbranched alkanes of at least 4 members (excludes halogenated alkanes) is 19. The molecule has 4 heteroatoms. The van der Waals surface area contributed by atoms with Crippen molar-refractivity contribution >= 4 is 11.9 Å². The minimum Gasteiger partial charge on any atom is -0.481 e. The summed E-state index contributed by atoms with van der Waals surface area (Å²) >= 11 is 0. The summed E-state index contributed by atoms with van der Waals surface area (Å²) in [5.41, 5.74) is 0. The normalized spacial score (nSPS) is 12.1. The fourth-order valence-corrected chi connectivity index (χ4v) is 4.65. The molecule has 0 saturated carbocycles. The standard InChI is InChI=1S/C32H58O4/c1-3-5-6-7-8-9-10-11-12-13-14-15-16-17-18-19-20-21-22-23-24-25-26-27-30(29-31(33)34)32(35)36-28-4-2/h4,16-17,30H,2-3,5-15,18-29H2,1H3,(H,33,34)/b17-16+. The molecule has 0 bridgehead atoms. The Kier molecular flexibility index (Phi) is 26.8. The van der Waals surface area contributed by atoms with E-state index in [9.17, 15) is 9.59 Å². The zero-order chi connectivity index (χ0) is 26.5. The summed E-state index contributed by atoms with van der Waals surface area (Å²) in [4.78, 5) is 22.9. The fourth-order valence-electron chi connectivity index (χ4n) is 4.65. The third-order valence-electron chi connectivity index (χ3n) is 6.91. The first-order valence-corrected chi connectivity index (χ1v) is 15.3. The largest absolute Gasteiger partial charge is 0.481 e. The third-order valence-corrected chi connectivity index (χ3v) is 6.91. The van der Waals surface area contributed by atoms with Gasteiger partial charge in [0.25, 0.3) is 0 Å². The number of esters is 1. The van der Waals surface area contributed by atoms with Crippen molar-refractivity contribution in [1.29, 1.82) is 0 Å². The highest BCUT2D eigenvalue weighted by Gasteiger charge is 2.22. The Morgan fingerprint density at radius 2 is 1.11 bits per heavy atom. The predicted octanol–water partition coefficient (Wildman–Crippen LogP) is 9.96. The molecule has 0 spiro atoms. The quantitative estimate of drug-likeness (QED) is 0.0651. The lowest BCUT2D eigenvalue weighted by molar-refractivity contribution is -0.152. The minimum atomic E-state index is -0.945. The van der Waals surface area contributed by atoms with E-state index in [0.717, 1.165) is 19.3 Å². The molecule has 210 valence electrons. The Morgan fingerprint density at radius 1 is 0.694 bits per heavy atom. The van der Waals surface area contributed by atoms with Crippen molar-refractivity contribution in [2.75, 3.05) is 6.61 Å². The van der Waals surface area contributed by atoms with Crippen molar-refractivity contribution in [3.63, 3.8) is 0 Å². The molecule has 0 aliphatic rings. The fraction of sp³-hybridized carbons (Fsp3) is 0.812. The number of carboxylic acid groups (broad SMARTS) is 1. The Hall–Kier alpha value is -1.58. The SMILES string of the molecule is C=CCOC(=O)C(CCCCCCCCCC/C=C/CCCCCCCCCCCCC)CC(=O)O. The zero-order valence-electron chi connectivity index (χ0n) is 23.7. The van der Waals surface area contributed by atoms with Crippen LogP contribution in [0, 0.1) is 5.92 Å². The van der Waals surface area contributed by atoms with Crippen LogP contribution >= 0.6 is 0 Å². The van der Waals surface area contributed by atoms with Crippen molar-refractivity contribution < 1.29 is 19.4 Å². The number of rotatable bonds is 28. The summed E-state index contributed by atoms with van der Waals surface area (Å²) in [5, 5.41) is 9.01. The Labute approximate surface area is 223 Å². The molecule has 0 amide bonds. The van der Waals surface area contributed by atoms with E-state index in [0.29, 0.717) is 6.42 Å². The van der Waals surface area contributed by atoms with Crippen LogP contribution in [0.4, 0.5) is 0 Å². The number of carbonyl (C=O) groups is 2. The van der Waals surface area contributed by atoms with Gasteiger partial charge in [-0.3, -0.25) is 9.59 Å². The van der Waals surface area contributed by atoms with E-state index in [-0.39, 0.29) is 13.0 Å². The van der Waals surface area contributed by atoms with Crippen LogP contribution in [0.1, 0.15) is 155 Å². The molecular formula is C32H58O4. The van der Waals surface area contributed by atoms with Crippen molar-refractivity contribution in [1.82, 2.24) is 0 Å². The lowest BCUT2D eigenvalue weighted by Crippen LogP contribution is -2.21. The molecular weight excluding hydrogens is 448 g/mol. The summed E-state index contributed by atoms with van der Waals surface area (Å²) < 4.78 is 5.03. The lowest BCUT2D eigenvalue weighted by atomic mass is 9.97. The molecule has 36 heavy (non-hydrogen) atoms. The molecule has 0 aliphatic carbocycles. The number of allylic oxidation sites excluding steroid dienone is 2. The van der Waals surface area contributed by atoms with Gasteiger partial charge in [-0.2, -0.15) is 0 Å². The van der Waals surface area contributed by atoms with Gasteiger partial charge in [0.2, 0.25) is 0 Å². The highest BCUT2D eigenvalue weighted by molar-refractivity contribution is 5.79. The maximum Gasteiger partial charge on any atom is 0.309 e. The number of hydrogen-bond donors (Lipinski definition) is 1. The first-order valence-electron chi connectivity index (χ1n) is 15.3. The molecule has 0 heterocycles. The summed E-state index contributed by atoms with van der Waals surface area (Å²) in [5.74, 6) is -1.89. The highest BCUT2D eigenvalue weighted by Crippen LogP contribution is 2.18. The molecule has 0 saturated heterocycles. The van der Waals surface area contributed by atoms with Crippen LogP contribution in [0.2, 0.25) is 0 Å². The molecule has 1 atom stereocenters. The maximum absolute atomic E-state index is 12.0. The second-order valence-electron chi connectivity index (χ2n) is 10.4. The number of ether oxygens (including phenoxy) is 1. The van der Waals surface area contributed by atoms with Gasteiger partial charge in [-0.05, 0) is 32.1 Å². The summed E-state index contributed by atoms with van der Waals surface area (Å²) in [6, 6.07) is 0. The van der Waals surface area contributed by atoms with E-state index in [2.05, 4.69) is 25.7 Å². The van der Waals surface area contributed by atoms with E-state index < -0.39 is 17.9 Å². The first-order chi connectivity index (χ1) is 17.6. The predicted molar refractivity (Wildman–Crippen MR) is 153 cm³/mol. The smallest absolute Gasteiger partial charge is 0.309 e. The molecule has 0 aromatic rings. The topological polar surface area (TPSA) is 63.6 Å². The third kappa shape index (κ3) is 25.5. The number of hydrogen-bond acceptors (Lipinski definition) is 3. The summed E-state index contributed by atoms with van der Waals surface area (Å²) in [6.07, 6.45) is 34.1. The molecule has 1 unspecified atom stereocenters. The van der Waals surface area contributed by atoms with Crippen LogP contribution in [0.15, 0.2) is 24.8 Å². The molecule has 0 radical (unpaired) electrons. The van der Waals surface area contributed by atoms with Gasteiger partial charge in [0.1, 0.15) is 6.61 Å². The van der Waals surface area contributed by atoms with Gasteiger partial charge in [-0.15, -0.1) is 0 Å². The Balaban J connectivity index is 3.42. The van der Waals surface area contributed by atoms with Crippen LogP contribution < -0.4 is 0 Å². The van der Waals surface area contributed by atoms with E-state index in [1.165, 1.54) is 122 Å². The van der Waals surface area contributed by atoms with Gasteiger partial charge in [-0.1, -0.05) is 141 Å². The first kappa shape index (κ1) is 34.4. The van der Waals surface area contributed by atoms with Crippen molar-refractivity contribution in [2.45, 2.75) is 155 Å². The monoisotopic (exact) mass is 506 g/mol. The second kappa shape index (κ2) is 28.0. The highest BCUT2D eigenvalue weighted by atomic mass is 16.5. The minimum absolute atomic E-state index is 0.143. The van der Waals surface area contributed by atoms with Crippen LogP contribution in [0.3, 0.4) is 0 Å². The van der Waals surface area contributed by atoms with E-state index >= 15 is 0 Å². The average molecular weight is 507 g/mol. The van der Waals surface area contributed by atoms with Crippen LogP contribution in [-0.2, 0) is 14.3 Å². The molecule has 0 aromatic heterocycles. The molecule has 0 aliphatic heterocycles. The Bertz CT molecular complexity index is 540. The van der Waals surface area contributed by atoms with E-state index in [1.54, 1.807) is 0 Å². The van der Waals surface area contributed by atoms with Gasteiger partial charge < -0.3 is 9.84 Å².